The van der Waals surface area contributed by atoms with Crippen molar-refractivity contribution in [1.82, 2.24) is 19.8 Å². The van der Waals surface area contributed by atoms with Gasteiger partial charge in [0.05, 0.1) is 18.5 Å². The highest BCUT2D eigenvalue weighted by molar-refractivity contribution is 5.76. The zero-order valence-corrected chi connectivity index (χ0v) is 13.0. The molecule has 0 aromatic carbocycles. The van der Waals surface area contributed by atoms with E-state index in [0.29, 0.717) is 0 Å². The summed E-state index contributed by atoms with van der Waals surface area (Å²) in [5.41, 5.74) is 0. The third-order valence-corrected chi connectivity index (χ3v) is 4.91. The van der Waals surface area contributed by atoms with Crippen LogP contribution in [0, 0.1) is 0 Å². The smallest absolute Gasteiger partial charge is 0.240 e. The molecule has 3 atom stereocenters. The van der Waals surface area contributed by atoms with E-state index in [1.54, 1.807) is 23.3 Å². The number of aliphatic hydroxyl groups is 1. The van der Waals surface area contributed by atoms with Gasteiger partial charge in [0.2, 0.25) is 5.91 Å². The number of hydrogen-bond acceptors (Lipinski definition) is 4. The highest BCUT2D eigenvalue weighted by Gasteiger charge is 2.35. The average molecular weight is 306 g/mol. The number of hydrogen-bond donors (Lipinski definition) is 2. The molecule has 122 valence electrons. The van der Waals surface area contributed by atoms with Crippen LogP contribution in [0.5, 0.6) is 0 Å². The second kappa shape index (κ2) is 7.24. The summed E-state index contributed by atoms with van der Waals surface area (Å²) in [5.74, 6) is -0.0517. The molecule has 0 unspecified atom stereocenters. The molecule has 2 N–H and O–H groups in total. The van der Waals surface area contributed by atoms with E-state index in [-0.39, 0.29) is 24.5 Å². The topological polar surface area (TPSA) is 70.4 Å². The van der Waals surface area contributed by atoms with E-state index >= 15 is 0 Å². The molecule has 2 fully saturated rings. The number of carbonyl (C=O) groups excluding carboxylic acids is 1. The number of amides is 1. The van der Waals surface area contributed by atoms with Crippen molar-refractivity contribution in [3.63, 3.8) is 0 Å². The van der Waals surface area contributed by atoms with Gasteiger partial charge in [-0.2, -0.15) is 0 Å². The van der Waals surface area contributed by atoms with E-state index in [0.717, 1.165) is 38.8 Å². The van der Waals surface area contributed by atoms with Gasteiger partial charge in [0.1, 0.15) is 6.54 Å². The summed E-state index contributed by atoms with van der Waals surface area (Å²) in [7, 11) is 0. The lowest BCUT2D eigenvalue weighted by atomic mass is 10.0. The first-order chi connectivity index (χ1) is 10.7. The van der Waals surface area contributed by atoms with Gasteiger partial charge in [-0.15, -0.1) is 0 Å². The number of carbonyl (C=O) groups is 1. The van der Waals surface area contributed by atoms with Gasteiger partial charge in [-0.1, -0.05) is 12.8 Å². The average Bonchev–Trinajstić information content (AvgIpc) is 3.16. The van der Waals surface area contributed by atoms with Crippen molar-refractivity contribution in [2.24, 2.45) is 0 Å². The normalized spacial score (nSPS) is 30.1. The minimum absolute atomic E-state index is 0.0517. The summed E-state index contributed by atoms with van der Waals surface area (Å²) < 4.78 is 1.75. The highest BCUT2D eigenvalue weighted by atomic mass is 16.3. The van der Waals surface area contributed by atoms with E-state index in [2.05, 4.69) is 15.2 Å². The van der Waals surface area contributed by atoms with Gasteiger partial charge in [0.25, 0.3) is 0 Å². The van der Waals surface area contributed by atoms with Gasteiger partial charge in [-0.3, -0.25) is 9.69 Å². The molecule has 1 saturated carbocycles. The van der Waals surface area contributed by atoms with Gasteiger partial charge in [0, 0.05) is 18.4 Å². The maximum absolute atomic E-state index is 12.2. The first kappa shape index (κ1) is 15.5. The van der Waals surface area contributed by atoms with E-state index in [1.165, 1.54) is 12.8 Å². The van der Waals surface area contributed by atoms with Crippen LogP contribution >= 0.6 is 0 Å². The predicted octanol–water partition coefficient (Wildman–Crippen LogP) is 0.767. The van der Waals surface area contributed by atoms with Crippen LogP contribution in [0.4, 0.5) is 0 Å². The molecule has 6 heteroatoms. The molecule has 1 aromatic heterocycles. The third-order valence-electron chi connectivity index (χ3n) is 4.91. The Kier molecular flexibility index (Phi) is 5.10. The second-order valence-corrected chi connectivity index (χ2v) is 6.49. The van der Waals surface area contributed by atoms with E-state index in [1.807, 2.05) is 0 Å². The molecule has 1 aromatic rings. The fourth-order valence-corrected chi connectivity index (χ4v) is 3.76. The maximum Gasteiger partial charge on any atom is 0.240 e. The number of nitrogens with one attached hydrogen (secondary N) is 1. The Balaban J connectivity index is 1.59. The largest absolute Gasteiger partial charge is 0.389 e. The Morgan fingerprint density at radius 1 is 1.23 bits per heavy atom. The Hall–Kier alpha value is -1.40. The van der Waals surface area contributed by atoms with Crippen molar-refractivity contribution in [3.8, 4) is 0 Å². The summed E-state index contributed by atoms with van der Waals surface area (Å²) in [6, 6.07) is 0.0627. The number of rotatable bonds is 4. The predicted molar refractivity (Wildman–Crippen MR) is 83.2 cm³/mol. The molecule has 1 aliphatic carbocycles. The van der Waals surface area contributed by atoms with Crippen molar-refractivity contribution >= 4 is 5.91 Å². The van der Waals surface area contributed by atoms with Crippen molar-refractivity contribution in [3.05, 3.63) is 18.7 Å². The van der Waals surface area contributed by atoms with Crippen LogP contribution in [0.3, 0.4) is 0 Å². The van der Waals surface area contributed by atoms with Crippen molar-refractivity contribution < 1.29 is 9.90 Å². The summed E-state index contributed by atoms with van der Waals surface area (Å²) >= 11 is 0. The first-order valence-electron chi connectivity index (χ1n) is 8.41. The van der Waals surface area contributed by atoms with Crippen LogP contribution in [-0.4, -0.2) is 56.7 Å². The lowest BCUT2D eigenvalue weighted by Gasteiger charge is -2.34. The lowest BCUT2D eigenvalue weighted by Crippen LogP contribution is -2.53. The molecule has 0 bridgehead atoms. The molecule has 1 amide bonds. The number of imidazole rings is 1. The van der Waals surface area contributed by atoms with Gasteiger partial charge >= 0.3 is 0 Å². The zero-order valence-electron chi connectivity index (χ0n) is 13.0. The van der Waals surface area contributed by atoms with Crippen LogP contribution in [0.1, 0.15) is 38.5 Å². The number of likely N-dealkylation sites (tertiary alicyclic amines) is 1. The summed E-state index contributed by atoms with van der Waals surface area (Å²) in [5, 5.41) is 13.8. The fraction of sp³-hybridized carbons (Fsp3) is 0.750. The van der Waals surface area contributed by atoms with Crippen molar-refractivity contribution in [1.29, 1.82) is 0 Å². The molecule has 6 nitrogen and oxygen atoms in total. The van der Waals surface area contributed by atoms with E-state index in [9.17, 15) is 9.90 Å². The van der Waals surface area contributed by atoms with Crippen LogP contribution < -0.4 is 5.32 Å². The van der Waals surface area contributed by atoms with Gasteiger partial charge < -0.3 is 15.0 Å². The van der Waals surface area contributed by atoms with Gasteiger partial charge in [-0.25, -0.2) is 4.98 Å². The fourth-order valence-electron chi connectivity index (χ4n) is 3.76. The van der Waals surface area contributed by atoms with Gasteiger partial charge in [0.15, 0.2) is 0 Å². The van der Waals surface area contributed by atoms with Crippen LogP contribution in [0.15, 0.2) is 18.7 Å². The molecule has 0 radical (unpaired) electrons. The third kappa shape index (κ3) is 3.67. The molecule has 3 rings (SSSR count). The molecule has 22 heavy (non-hydrogen) atoms. The van der Waals surface area contributed by atoms with Crippen LogP contribution in [-0.2, 0) is 11.3 Å². The number of nitrogens with zero attached hydrogens (tertiary/aromatic N) is 3. The molecule has 1 aliphatic heterocycles. The minimum atomic E-state index is -0.465. The molecular weight excluding hydrogens is 280 g/mol. The summed E-state index contributed by atoms with van der Waals surface area (Å²) in [6.07, 6.45) is 11.2. The van der Waals surface area contributed by atoms with Crippen molar-refractivity contribution in [2.45, 2.75) is 63.3 Å². The van der Waals surface area contributed by atoms with Crippen LogP contribution in [0.25, 0.3) is 0 Å². The van der Waals surface area contributed by atoms with Crippen LogP contribution in [0.2, 0.25) is 0 Å². The second-order valence-electron chi connectivity index (χ2n) is 6.49. The molecule has 2 aliphatic rings. The summed E-state index contributed by atoms with van der Waals surface area (Å²) in [4.78, 5) is 18.5. The minimum Gasteiger partial charge on any atom is -0.389 e. The Bertz CT molecular complexity index is 471. The quantitative estimate of drug-likeness (QED) is 0.806. The van der Waals surface area contributed by atoms with E-state index in [4.69, 9.17) is 0 Å². The highest BCUT2D eigenvalue weighted by Crippen LogP contribution is 2.25. The summed E-state index contributed by atoms with van der Waals surface area (Å²) in [6.45, 7) is 2.42. The standard InChI is InChI=1S/C16H26N4O2/c21-15(11-19-10-7-17-12-19)18-13-5-1-2-6-14(16(13)22)20-8-3-4-9-20/h7,10,12-14,16,22H,1-6,8-9,11H2,(H,18,21)/t13-,14-,16-/m1/s1. The Morgan fingerprint density at radius 2 is 2.00 bits per heavy atom. The number of aromatic nitrogens is 2. The maximum atomic E-state index is 12.2. The molecule has 2 heterocycles. The lowest BCUT2D eigenvalue weighted by molar-refractivity contribution is -0.123. The SMILES string of the molecule is O=C(Cn1ccnc1)N[C@@H]1CCCC[C@@H](N2CCCC2)[C@@H]1O. The first-order valence-corrected chi connectivity index (χ1v) is 8.41. The Labute approximate surface area is 131 Å². The Morgan fingerprint density at radius 3 is 2.73 bits per heavy atom. The monoisotopic (exact) mass is 306 g/mol. The van der Waals surface area contributed by atoms with Crippen molar-refractivity contribution in [2.75, 3.05) is 13.1 Å². The van der Waals surface area contributed by atoms with E-state index < -0.39 is 6.10 Å². The zero-order chi connectivity index (χ0) is 15.4. The molecule has 0 spiro atoms. The number of aliphatic hydroxyl groups excluding tert-OH is 1. The molecule has 1 saturated heterocycles. The molecular formula is C16H26N4O2. The van der Waals surface area contributed by atoms with Gasteiger partial charge in [-0.05, 0) is 38.8 Å².